The van der Waals surface area contributed by atoms with Crippen molar-refractivity contribution < 1.29 is 4.79 Å². The maximum absolute atomic E-state index is 11.4. The first-order chi connectivity index (χ1) is 9.67. The van der Waals surface area contributed by atoms with Gasteiger partial charge in [0.05, 0.1) is 0 Å². The fourth-order valence-electron chi connectivity index (χ4n) is 1.67. The molecule has 0 aliphatic rings. The van der Waals surface area contributed by atoms with Gasteiger partial charge in [-0.15, -0.1) is 35.3 Å². The number of likely N-dealkylation sites (N-methyl/N-ethyl adjacent to an activating group) is 1. The van der Waals surface area contributed by atoms with Gasteiger partial charge in [0.15, 0.2) is 5.96 Å². The molecule has 1 amide bonds. The van der Waals surface area contributed by atoms with Gasteiger partial charge in [-0.2, -0.15) is 0 Å². The quantitative estimate of drug-likeness (QED) is 0.357. The summed E-state index contributed by atoms with van der Waals surface area (Å²) >= 11 is 1.76. The van der Waals surface area contributed by atoms with Gasteiger partial charge in [0.25, 0.3) is 0 Å². The second kappa shape index (κ2) is 11.8. The van der Waals surface area contributed by atoms with Crippen molar-refractivity contribution in [3.05, 3.63) is 22.4 Å². The van der Waals surface area contributed by atoms with Gasteiger partial charge in [-0.05, 0) is 25.3 Å². The summed E-state index contributed by atoms with van der Waals surface area (Å²) in [5.41, 5.74) is 0. The Bertz CT molecular complexity index is 423. The lowest BCUT2D eigenvalue weighted by atomic mass is 10.1. The van der Waals surface area contributed by atoms with Gasteiger partial charge in [0.1, 0.15) is 6.54 Å². The standard InChI is InChI=1S/C14H24N4OS.HI/c1-4-15-13(19)10-18-14(16-5-2)17-9-11(3)12-7-6-8-20-12;/h6-8,11H,4-5,9-10H2,1-3H3,(H,15,19)(H2,16,17,18);1H. The van der Waals surface area contributed by atoms with Crippen LogP contribution in [0.3, 0.4) is 0 Å². The summed E-state index contributed by atoms with van der Waals surface area (Å²) in [4.78, 5) is 17.0. The number of aliphatic imine (C=N–C) groups is 1. The van der Waals surface area contributed by atoms with Crippen LogP contribution in [0.5, 0.6) is 0 Å². The Balaban J connectivity index is 0.00000400. The van der Waals surface area contributed by atoms with E-state index in [1.165, 1.54) is 4.88 Å². The van der Waals surface area contributed by atoms with E-state index in [0.717, 1.165) is 13.1 Å². The van der Waals surface area contributed by atoms with Crippen molar-refractivity contribution in [2.75, 3.05) is 26.2 Å². The predicted octanol–water partition coefficient (Wildman–Crippen LogP) is 2.16. The minimum Gasteiger partial charge on any atom is -0.357 e. The summed E-state index contributed by atoms with van der Waals surface area (Å²) in [6.07, 6.45) is 0. The molecule has 1 atom stereocenters. The Morgan fingerprint density at radius 3 is 2.57 bits per heavy atom. The fraction of sp³-hybridized carbons (Fsp3) is 0.571. The van der Waals surface area contributed by atoms with Crippen LogP contribution >= 0.6 is 35.3 Å². The van der Waals surface area contributed by atoms with Crippen LogP contribution in [0.25, 0.3) is 0 Å². The molecule has 0 bridgehead atoms. The Morgan fingerprint density at radius 1 is 1.29 bits per heavy atom. The summed E-state index contributed by atoms with van der Waals surface area (Å²) in [6.45, 7) is 8.42. The predicted molar refractivity (Wildman–Crippen MR) is 101 cm³/mol. The van der Waals surface area contributed by atoms with E-state index in [4.69, 9.17) is 0 Å². The van der Waals surface area contributed by atoms with Crippen molar-refractivity contribution >= 4 is 47.2 Å². The van der Waals surface area contributed by atoms with Crippen LogP contribution in [0.1, 0.15) is 31.6 Å². The molecule has 0 aliphatic heterocycles. The smallest absolute Gasteiger partial charge is 0.241 e. The number of carbonyl (C=O) groups excluding carboxylic acids is 1. The summed E-state index contributed by atoms with van der Waals surface area (Å²) in [6, 6.07) is 4.20. The summed E-state index contributed by atoms with van der Waals surface area (Å²) in [5, 5.41) is 11.2. The SMILES string of the molecule is CCNC(=O)CN=C(NCC)NCC(C)c1cccs1.I. The molecule has 1 unspecified atom stereocenters. The van der Waals surface area contributed by atoms with E-state index in [-0.39, 0.29) is 36.4 Å². The molecule has 1 aromatic rings. The Morgan fingerprint density at radius 2 is 2.00 bits per heavy atom. The van der Waals surface area contributed by atoms with Crippen molar-refractivity contribution in [3.63, 3.8) is 0 Å². The molecule has 0 fully saturated rings. The maximum atomic E-state index is 11.4. The molecule has 1 heterocycles. The normalized spacial score (nSPS) is 12.2. The van der Waals surface area contributed by atoms with Gasteiger partial charge >= 0.3 is 0 Å². The third-order valence-electron chi connectivity index (χ3n) is 2.70. The van der Waals surface area contributed by atoms with Gasteiger partial charge in [0, 0.05) is 30.4 Å². The number of carbonyl (C=O) groups is 1. The van der Waals surface area contributed by atoms with Gasteiger partial charge in [0.2, 0.25) is 5.91 Å². The monoisotopic (exact) mass is 424 g/mol. The minimum absolute atomic E-state index is 0. The zero-order valence-electron chi connectivity index (χ0n) is 12.8. The largest absolute Gasteiger partial charge is 0.357 e. The Labute approximate surface area is 148 Å². The number of amides is 1. The second-order valence-corrected chi connectivity index (χ2v) is 5.43. The van der Waals surface area contributed by atoms with Crippen LogP contribution in [0, 0.1) is 0 Å². The number of thiophene rings is 1. The molecule has 3 N–H and O–H groups in total. The summed E-state index contributed by atoms with van der Waals surface area (Å²) in [7, 11) is 0. The van der Waals surface area contributed by atoms with Crippen molar-refractivity contribution in [1.29, 1.82) is 0 Å². The summed E-state index contributed by atoms with van der Waals surface area (Å²) in [5.74, 6) is 1.04. The molecule has 0 aromatic carbocycles. The lowest BCUT2D eigenvalue weighted by molar-refractivity contribution is -0.119. The first kappa shape index (κ1) is 20.2. The van der Waals surface area contributed by atoms with E-state index >= 15 is 0 Å². The van der Waals surface area contributed by atoms with Gasteiger partial charge in [-0.3, -0.25) is 4.79 Å². The molecule has 21 heavy (non-hydrogen) atoms. The minimum atomic E-state index is -0.0593. The fourth-order valence-corrected chi connectivity index (χ4v) is 2.45. The lowest BCUT2D eigenvalue weighted by Gasteiger charge is -2.14. The molecule has 0 saturated carbocycles. The molecule has 1 aromatic heterocycles. The average Bonchev–Trinajstić information content (AvgIpc) is 2.96. The zero-order chi connectivity index (χ0) is 14.8. The van der Waals surface area contributed by atoms with Crippen LogP contribution in [0.4, 0.5) is 0 Å². The number of nitrogens with zero attached hydrogens (tertiary/aromatic N) is 1. The first-order valence-electron chi connectivity index (χ1n) is 6.99. The number of halogens is 1. The Hall–Kier alpha value is -0.830. The number of nitrogens with one attached hydrogen (secondary N) is 3. The number of hydrogen-bond acceptors (Lipinski definition) is 3. The Kier molecular flexibility index (Phi) is 11.3. The average molecular weight is 424 g/mol. The number of hydrogen-bond donors (Lipinski definition) is 3. The molecular weight excluding hydrogens is 399 g/mol. The molecule has 0 spiro atoms. The van der Waals surface area contributed by atoms with Gasteiger partial charge < -0.3 is 16.0 Å². The van der Waals surface area contributed by atoms with Crippen molar-refractivity contribution in [2.45, 2.75) is 26.7 Å². The molecule has 1 rings (SSSR count). The zero-order valence-corrected chi connectivity index (χ0v) is 16.0. The van der Waals surface area contributed by atoms with Gasteiger partial charge in [-0.1, -0.05) is 13.0 Å². The molecular formula is C14H25IN4OS. The number of rotatable bonds is 7. The maximum Gasteiger partial charge on any atom is 0.241 e. The van der Waals surface area contributed by atoms with Crippen molar-refractivity contribution in [1.82, 2.24) is 16.0 Å². The molecule has 7 heteroatoms. The van der Waals surface area contributed by atoms with E-state index in [2.05, 4.69) is 45.4 Å². The molecule has 0 radical (unpaired) electrons. The van der Waals surface area contributed by atoms with Crippen molar-refractivity contribution in [2.24, 2.45) is 4.99 Å². The third-order valence-corrected chi connectivity index (χ3v) is 3.81. The van der Waals surface area contributed by atoms with E-state index in [9.17, 15) is 4.79 Å². The topological polar surface area (TPSA) is 65.5 Å². The van der Waals surface area contributed by atoms with Crippen LogP contribution < -0.4 is 16.0 Å². The highest BCUT2D eigenvalue weighted by atomic mass is 127. The summed E-state index contributed by atoms with van der Waals surface area (Å²) < 4.78 is 0. The molecule has 5 nitrogen and oxygen atoms in total. The van der Waals surface area contributed by atoms with E-state index < -0.39 is 0 Å². The molecule has 0 aliphatic carbocycles. The van der Waals surface area contributed by atoms with Crippen LogP contribution in [0.15, 0.2) is 22.5 Å². The number of guanidine groups is 1. The first-order valence-corrected chi connectivity index (χ1v) is 7.87. The van der Waals surface area contributed by atoms with Crippen molar-refractivity contribution in [3.8, 4) is 0 Å². The second-order valence-electron chi connectivity index (χ2n) is 4.45. The van der Waals surface area contributed by atoms with Crippen LogP contribution in [-0.2, 0) is 4.79 Å². The van der Waals surface area contributed by atoms with Gasteiger partial charge in [-0.25, -0.2) is 4.99 Å². The van der Waals surface area contributed by atoms with E-state index in [0.29, 0.717) is 18.4 Å². The third kappa shape index (κ3) is 8.25. The highest BCUT2D eigenvalue weighted by Crippen LogP contribution is 2.19. The van der Waals surface area contributed by atoms with E-state index in [1.54, 1.807) is 11.3 Å². The highest BCUT2D eigenvalue weighted by Gasteiger charge is 2.07. The highest BCUT2D eigenvalue weighted by molar-refractivity contribution is 14.0. The molecule has 0 saturated heterocycles. The van der Waals surface area contributed by atoms with Crippen LogP contribution in [-0.4, -0.2) is 38.0 Å². The molecule has 120 valence electrons. The lowest BCUT2D eigenvalue weighted by Crippen LogP contribution is -2.40. The van der Waals surface area contributed by atoms with E-state index in [1.807, 2.05) is 13.8 Å². The van der Waals surface area contributed by atoms with Crippen LogP contribution in [0.2, 0.25) is 0 Å².